The molecule has 0 bridgehead atoms. The molecule has 1 unspecified atom stereocenters. The molecule has 190 valence electrons. The molecule has 1 amide bonds. The van der Waals surface area contributed by atoms with Crippen LogP contribution in [0.25, 0.3) is 0 Å². The van der Waals surface area contributed by atoms with Gasteiger partial charge < -0.3 is 14.5 Å². The molecule has 3 aliphatic rings. The Morgan fingerprint density at radius 3 is 2.29 bits per heavy atom. The topological polar surface area (TPSA) is 83.9 Å². The number of carbonyl (C=O) groups excluding carboxylic acids is 1. The van der Waals surface area contributed by atoms with Gasteiger partial charge in [-0.1, -0.05) is 18.8 Å². The molecule has 2 aliphatic heterocycles. The standard InChI is InChI=1S/C26H40NO5PS/c1-18-6-8-19(9-7-18)25(30)27(20-11-14-33(31,32-5)15-12-20)22-16-21(10-13-26(2,3)4)34-23(22)17-24(28)29/h18-21H,6-9,11-12,14-17H2,1-5H3,(H,28,29). The molecule has 0 spiro atoms. The Balaban J connectivity index is 1.93. The Bertz CT molecular complexity index is 908. The van der Waals surface area contributed by atoms with Crippen molar-refractivity contribution in [2.45, 2.75) is 90.4 Å². The van der Waals surface area contributed by atoms with E-state index in [9.17, 15) is 19.3 Å². The molecule has 1 saturated carbocycles. The number of carbonyl (C=O) groups is 2. The molecule has 1 N–H and O–H groups in total. The number of allylic oxidation sites excluding steroid dienone is 1. The summed E-state index contributed by atoms with van der Waals surface area (Å²) in [5.74, 6) is 6.46. The minimum atomic E-state index is -2.63. The lowest BCUT2D eigenvalue weighted by Gasteiger charge is -2.40. The Kier molecular flexibility index (Phi) is 9.04. The average Bonchev–Trinajstić information content (AvgIpc) is 3.15. The van der Waals surface area contributed by atoms with Gasteiger partial charge in [-0.3, -0.25) is 14.2 Å². The molecule has 8 heteroatoms. The van der Waals surface area contributed by atoms with E-state index in [0.29, 0.717) is 37.5 Å². The summed E-state index contributed by atoms with van der Waals surface area (Å²) < 4.78 is 18.1. The third-order valence-electron chi connectivity index (χ3n) is 7.10. The van der Waals surface area contributed by atoms with Crippen LogP contribution in [0.15, 0.2) is 10.6 Å². The van der Waals surface area contributed by atoms with Crippen molar-refractivity contribution in [3.8, 4) is 11.8 Å². The van der Waals surface area contributed by atoms with Crippen molar-refractivity contribution in [2.75, 3.05) is 19.4 Å². The minimum Gasteiger partial charge on any atom is -0.481 e. The maximum atomic E-state index is 14.0. The van der Waals surface area contributed by atoms with Gasteiger partial charge in [-0.05, 0) is 65.2 Å². The van der Waals surface area contributed by atoms with Crippen LogP contribution in [0.1, 0.15) is 79.1 Å². The number of aliphatic carboxylic acids is 1. The Morgan fingerprint density at radius 1 is 1.15 bits per heavy atom. The number of carboxylic acid groups (broad SMARTS) is 1. The summed E-state index contributed by atoms with van der Waals surface area (Å²) in [6.45, 7) is 8.41. The number of rotatable bonds is 6. The quantitative estimate of drug-likeness (QED) is 0.351. The van der Waals surface area contributed by atoms with Crippen molar-refractivity contribution < 1.29 is 23.8 Å². The molecule has 2 fully saturated rings. The van der Waals surface area contributed by atoms with Gasteiger partial charge in [-0.2, -0.15) is 0 Å². The Morgan fingerprint density at radius 2 is 1.76 bits per heavy atom. The van der Waals surface area contributed by atoms with Crippen LogP contribution in [0, 0.1) is 29.1 Å². The molecule has 0 aromatic heterocycles. The van der Waals surface area contributed by atoms with Crippen LogP contribution in [0.4, 0.5) is 0 Å². The smallest absolute Gasteiger partial charge is 0.308 e. The first kappa shape index (κ1) is 27.4. The number of amides is 1. The SMILES string of the molecule is COP1(=O)CCC(N(C(=O)C2CCC(C)CC2)C2=C(CC(=O)O)SC(C#CC(C)(C)C)C2)CC1. The zero-order valence-corrected chi connectivity index (χ0v) is 23.0. The average molecular weight is 510 g/mol. The molecule has 1 saturated heterocycles. The van der Waals surface area contributed by atoms with Gasteiger partial charge in [0.05, 0.1) is 11.7 Å². The second kappa shape index (κ2) is 11.2. The van der Waals surface area contributed by atoms with Gasteiger partial charge in [0.25, 0.3) is 0 Å². The third kappa shape index (κ3) is 7.15. The van der Waals surface area contributed by atoms with Crippen LogP contribution in [0.5, 0.6) is 0 Å². The first-order valence-electron chi connectivity index (χ1n) is 12.5. The fourth-order valence-corrected chi connectivity index (χ4v) is 8.29. The second-order valence-corrected chi connectivity index (χ2v) is 15.3. The van der Waals surface area contributed by atoms with Gasteiger partial charge in [0.1, 0.15) is 0 Å². The summed E-state index contributed by atoms with van der Waals surface area (Å²) >= 11 is 1.50. The highest BCUT2D eigenvalue weighted by molar-refractivity contribution is 8.04. The van der Waals surface area contributed by atoms with Crippen LogP contribution in [0.2, 0.25) is 0 Å². The van der Waals surface area contributed by atoms with Crippen molar-refractivity contribution in [1.82, 2.24) is 4.90 Å². The summed E-state index contributed by atoms with van der Waals surface area (Å²) in [4.78, 5) is 28.4. The van der Waals surface area contributed by atoms with E-state index in [0.717, 1.165) is 36.3 Å². The molecule has 0 aromatic rings. The number of thioether (sulfide) groups is 1. The van der Waals surface area contributed by atoms with E-state index in [4.69, 9.17) is 4.52 Å². The van der Waals surface area contributed by atoms with Crippen LogP contribution in [0.3, 0.4) is 0 Å². The monoisotopic (exact) mass is 509 g/mol. The lowest BCUT2D eigenvalue weighted by molar-refractivity contribution is -0.138. The molecule has 1 atom stereocenters. The first-order valence-corrected chi connectivity index (χ1v) is 15.4. The van der Waals surface area contributed by atoms with E-state index in [-0.39, 0.29) is 35.0 Å². The molecule has 34 heavy (non-hydrogen) atoms. The number of carboxylic acids is 1. The first-order chi connectivity index (χ1) is 15.9. The lowest BCUT2D eigenvalue weighted by Crippen LogP contribution is -2.46. The van der Waals surface area contributed by atoms with Gasteiger partial charge in [0, 0.05) is 53.8 Å². The van der Waals surface area contributed by atoms with E-state index in [1.54, 1.807) is 0 Å². The molecule has 3 rings (SSSR count). The van der Waals surface area contributed by atoms with Crippen molar-refractivity contribution in [3.63, 3.8) is 0 Å². The van der Waals surface area contributed by atoms with Crippen molar-refractivity contribution >= 4 is 31.0 Å². The van der Waals surface area contributed by atoms with E-state index < -0.39 is 13.3 Å². The number of hydrogen-bond acceptors (Lipinski definition) is 5. The lowest BCUT2D eigenvalue weighted by atomic mass is 9.82. The predicted molar refractivity (Wildman–Crippen MR) is 138 cm³/mol. The van der Waals surface area contributed by atoms with Crippen LogP contribution in [-0.2, 0) is 18.7 Å². The molecule has 0 radical (unpaired) electrons. The van der Waals surface area contributed by atoms with Gasteiger partial charge in [-0.25, -0.2) is 0 Å². The highest BCUT2D eigenvalue weighted by Crippen LogP contribution is 2.53. The predicted octanol–water partition coefficient (Wildman–Crippen LogP) is 5.97. The molecular weight excluding hydrogens is 469 g/mol. The van der Waals surface area contributed by atoms with E-state index in [2.05, 4.69) is 39.5 Å². The van der Waals surface area contributed by atoms with E-state index in [1.807, 2.05) is 4.90 Å². The fourth-order valence-electron chi connectivity index (χ4n) is 5.09. The highest BCUT2D eigenvalue weighted by atomic mass is 32.2. The van der Waals surface area contributed by atoms with Crippen LogP contribution >= 0.6 is 19.1 Å². The largest absolute Gasteiger partial charge is 0.481 e. The summed E-state index contributed by atoms with van der Waals surface area (Å²) in [7, 11) is -1.12. The van der Waals surface area contributed by atoms with Gasteiger partial charge >= 0.3 is 5.97 Å². The zero-order chi connectivity index (χ0) is 25.1. The van der Waals surface area contributed by atoms with Crippen molar-refractivity contribution in [1.29, 1.82) is 0 Å². The third-order valence-corrected chi connectivity index (χ3v) is 10.9. The molecule has 6 nitrogen and oxygen atoms in total. The Labute approximate surface area is 209 Å². The zero-order valence-electron chi connectivity index (χ0n) is 21.3. The summed E-state index contributed by atoms with van der Waals surface area (Å²) in [6, 6.07) is -0.0715. The van der Waals surface area contributed by atoms with Crippen LogP contribution in [-0.4, -0.2) is 52.6 Å². The fraction of sp³-hybridized carbons (Fsp3) is 0.769. The maximum Gasteiger partial charge on any atom is 0.308 e. The molecule has 1 aliphatic carbocycles. The van der Waals surface area contributed by atoms with E-state index in [1.165, 1.54) is 18.9 Å². The van der Waals surface area contributed by atoms with E-state index >= 15 is 0 Å². The molecule has 0 aromatic carbocycles. The van der Waals surface area contributed by atoms with Crippen molar-refractivity contribution in [3.05, 3.63) is 10.6 Å². The van der Waals surface area contributed by atoms with Crippen molar-refractivity contribution in [2.24, 2.45) is 17.3 Å². The highest BCUT2D eigenvalue weighted by Gasteiger charge is 2.41. The maximum absolute atomic E-state index is 14.0. The second-order valence-electron chi connectivity index (χ2n) is 11.1. The molecular formula is C26H40NO5PS. The van der Waals surface area contributed by atoms with Gasteiger partial charge in [0.2, 0.25) is 13.3 Å². The van der Waals surface area contributed by atoms with Gasteiger partial charge in [0.15, 0.2) is 0 Å². The van der Waals surface area contributed by atoms with Crippen LogP contribution < -0.4 is 0 Å². The number of nitrogens with zero attached hydrogens (tertiary/aromatic N) is 1. The summed E-state index contributed by atoms with van der Waals surface area (Å²) in [5.41, 5.74) is 0.693. The van der Waals surface area contributed by atoms with Gasteiger partial charge in [-0.15, -0.1) is 11.8 Å². The summed E-state index contributed by atoms with van der Waals surface area (Å²) in [6.07, 6.45) is 6.48. The Hall–Kier alpha value is -1.22. The number of hydrogen-bond donors (Lipinski definition) is 1. The normalized spacial score (nSPS) is 32.1. The minimum absolute atomic E-state index is 0.0318. The molecule has 2 heterocycles. The summed E-state index contributed by atoms with van der Waals surface area (Å²) in [5, 5.41) is 9.55.